The molecule has 0 atom stereocenters. The summed E-state index contributed by atoms with van der Waals surface area (Å²) in [5.74, 6) is 0. The molecule has 3 rings (SSSR count). The molecule has 0 aliphatic heterocycles. The maximum absolute atomic E-state index is 5.88. The van der Waals surface area contributed by atoms with E-state index >= 15 is 0 Å². The Morgan fingerprint density at radius 3 is 2.86 bits per heavy atom. The van der Waals surface area contributed by atoms with Gasteiger partial charge in [0.1, 0.15) is 5.15 Å². The molecule has 3 heterocycles. The van der Waals surface area contributed by atoms with E-state index in [9.17, 15) is 0 Å². The average Bonchev–Trinajstić information content (AvgIpc) is 2.75. The molecule has 3 aromatic rings. The lowest BCUT2D eigenvalue weighted by Gasteiger charge is -2.07. The van der Waals surface area contributed by atoms with Crippen LogP contribution in [0.25, 0.3) is 11.0 Å². The number of nitrogens with one attached hydrogen (secondary N) is 1. The molecule has 108 valence electrons. The molecule has 7 heteroatoms. The highest BCUT2D eigenvalue weighted by Gasteiger charge is 2.07. The molecular formula is C14H13BrClN5. The number of hydrogen-bond acceptors (Lipinski definition) is 4. The minimum Gasteiger partial charge on any atom is -0.380 e. The molecule has 0 spiro atoms. The van der Waals surface area contributed by atoms with Crippen molar-refractivity contribution < 1.29 is 0 Å². The molecule has 0 aliphatic carbocycles. The lowest BCUT2D eigenvalue weighted by atomic mass is 10.2. The molecule has 1 N–H and O–H groups in total. The first kappa shape index (κ1) is 14.3. The van der Waals surface area contributed by atoms with Crippen LogP contribution in [-0.4, -0.2) is 19.7 Å². The van der Waals surface area contributed by atoms with Crippen LogP contribution >= 0.6 is 27.5 Å². The van der Waals surface area contributed by atoms with E-state index in [1.165, 1.54) is 0 Å². The summed E-state index contributed by atoms with van der Waals surface area (Å²) in [4.78, 5) is 8.55. The van der Waals surface area contributed by atoms with Gasteiger partial charge in [-0.2, -0.15) is 5.10 Å². The molecule has 0 bridgehead atoms. The summed E-state index contributed by atoms with van der Waals surface area (Å²) in [5.41, 5.74) is 3.86. The van der Waals surface area contributed by atoms with Gasteiger partial charge in [0, 0.05) is 25.2 Å². The SMILES string of the molecule is Cc1nn(C)c2ncc(CNc3cnc(Cl)c(Br)c3)cc12. The van der Waals surface area contributed by atoms with E-state index in [0.717, 1.165) is 32.5 Å². The summed E-state index contributed by atoms with van der Waals surface area (Å²) >= 11 is 9.24. The first-order chi connectivity index (χ1) is 10.0. The van der Waals surface area contributed by atoms with Crippen molar-refractivity contribution in [3.63, 3.8) is 0 Å². The fourth-order valence-electron chi connectivity index (χ4n) is 2.17. The summed E-state index contributed by atoms with van der Waals surface area (Å²) in [7, 11) is 1.90. The molecule has 0 saturated carbocycles. The highest BCUT2D eigenvalue weighted by atomic mass is 79.9. The van der Waals surface area contributed by atoms with Crippen LogP contribution in [-0.2, 0) is 13.6 Å². The molecule has 0 aliphatic rings. The molecule has 3 aromatic heterocycles. The molecule has 0 fully saturated rings. The van der Waals surface area contributed by atoms with Gasteiger partial charge in [0.15, 0.2) is 5.65 Å². The summed E-state index contributed by atoms with van der Waals surface area (Å²) in [6, 6.07) is 4.01. The highest BCUT2D eigenvalue weighted by Crippen LogP contribution is 2.23. The topological polar surface area (TPSA) is 55.6 Å². The van der Waals surface area contributed by atoms with E-state index in [0.29, 0.717) is 11.7 Å². The number of fused-ring (bicyclic) bond motifs is 1. The number of rotatable bonds is 3. The molecule has 0 amide bonds. The number of anilines is 1. The molecule has 0 radical (unpaired) electrons. The first-order valence-corrected chi connectivity index (χ1v) is 7.55. The van der Waals surface area contributed by atoms with Crippen LogP contribution in [0.15, 0.2) is 29.0 Å². The van der Waals surface area contributed by atoms with Crippen LogP contribution in [0.1, 0.15) is 11.3 Å². The zero-order valence-electron chi connectivity index (χ0n) is 11.6. The number of nitrogens with zero attached hydrogens (tertiary/aromatic N) is 4. The second-order valence-corrected chi connectivity index (χ2v) is 5.99. The smallest absolute Gasteiger partial charge is 0.157 e. The van der Waals surface area contributed by atoms with Crippen LogP contribution in [0.4, 0.5) is 5.69 Å². The maximum Gasteiger partial charge on any atom is 0.157 e. The number of hydrogen-bond donors (Lipinski definition) is 1. The largest absolute Gasteiger partial charge is 0.380 e. The highest BCUT2D eigenvalue weighted by molar-refractivity contribution is 9.10. The van der Waals surface area contributed by atoms with Gasteiger partial charge < -0.3 is 5.32 Å². The Labute approximate surface area is 135 Å². The van der Waals surface area contributed by atoms with Crippen LogP contribution < -0.4 is 5.32 Å². The van der Waals surface area contributed by atoms with Crippen molar-refractivity contribution >= 4 is 44.3 Å². The molecule has 0 unspecified atom stereocenters. The number of aryl methyl sites for hydroxylation is 2. The second-order valence-electron chi connectivity index (χ2n) is 4.77. The monoisotopic (exact) mass is 365 g/mol. The van der Waals surface area contributed by atoms with Gasteiger partial charge in [-0.05, 0) is 40.5 Å². The standard InChI is InChI=1S/C14H13BrClN5/c1-8-11-3-9(6-19-14(11)21(2)20-8)5-17-10-4-12(15)13(16)18-7-10/h3-4,6-7,17H,5H2,1-2H3. The van der Waals surface area contributed by atoms with Crippen molar-refractivity contribution in [1.29, 1.82) is 0 Å². The maximum atomic E-state index is 5.88. The van der Waals surface area contributed by atoms with E-state index in [4.69, 9.17) is 11.6 Å². The van der Waals surface area contributed by atoms with Crippen molar-refractivity contribution in [2.24, 2.45) is 7.05 Å². The third-order valence-corrected chi connectivity index (χ3v) is 4.35. The number of halogens is 2. The minimum atomic E-state index is 0.453. The fourth-order valence-corrected chi connectivity index (χ4v) is 2.62. The van der Waals surface area contributed by atoms with Gasteiger partial charge in [0.05, 0.1) is 22.1 Å². The van der Waals surface area contributed by atoms with Crippen molar-refractivity contribution in [2.75, 3.05) is 5.32 Å². The van der Waals surface area contributed by atoms with E-state index in [2.05, 4.69) is 42.4 Å². The normalized spacial score (nSPS) is 11.0. The van der Waals surface area contributed by atoms with Crippen LogP contribution in [0.3, 0.4) is 0 Å². The van der Waals surface area contributed by atoms with Crippen molar-refractivity contribution in [3.05, 3.63) is 45.4 Å². The van der Waals surface area contributed by atoms with Crippen molar-refractivity contribution in [2.45, 2.75) is 13.5 Å². The van der Waals surface area contributed by atoms with Gasteiger partial charge in [-0.3, -0.25) is 4.68 Å². The molecule has 21 heavy (non-hydrogen) atoms. The summed E-state index contributed by atoms with van der Waals surface area (Å²) < 4.78 is 2.56. The van der Waals surface area contributed by atoms with Crippen molar-refractivity contribution in [1.82, 2.24) is 19.7 Å². The minimum absolute atomic E-state index is 0.453. The second kappa shape index (κ2) is 5.61. The summed E-state index contributed by atoms with van der Waals surface area (Å²) in [6.45, 7) is 2.65. The molecule has 0 saturated heterocycles. The van der Waals surface area contributed by atoms with Crippen LogP contribution in [0, 0.1) is 6.92 Å². The van der Waals surface area contributed by atoms with Gasteiger partial charge in [0.25, 0.3) is 0 Å². The van der Waals surface area contributed by atoms with E-state index in [-0.39, 0.29) is 0 Å². The van der Waals surface area contributed by atoms with Gasteiger partial charge in [-0.1, -0.05) is 11.6 Å². The summed E-state index contributed by atoms with van der Waals surface area (Å²) in [6.07, 6.45) is 3.56. The fraction of sp³-hybridized carbons (Fsp3) is 0.214. The zero-order chi connectivity index (χ0) is 15.0. The Bertz CT molecular complexity index is 814. The molecular weight excluding hydrogens is 354 g/mol. The number of pyridine rings is 2. The van der Waals surface area contributed by atoms with Gasteiger partial charge in [-0.15, -0.1) is 0 Å². The molecule has 0 aromatic carbocycles. The van der Waals surface area contributed by atoms with Gasteiger partial charge in [0.2, 0.25) is 0 Å². The Morgan fingerprint density at radius 2 is 2.10 bits per heavy atom. The predicted molar refractivity (Wildman–Crippen MR) is 87.5 cm³/mol. The first-order valence-electron chi connectivity index (χ1n) is 6.38. The lowest BCUT2D eigenvalue weighted by molar-refractivity contribution is 0.773. The van der Waals surface area contributed by atoms with Gasteiger partial charge in [-0.25, -0.2) is 9.97 Å². The number of aromatic nitrogens is 4. The third kappa shape index (κ3) is 2.87. The Morgan fingerprint density at radius 1 is 1.29 bits per heavy atom. The predicted octanol–water partition coefficient (Wildman–Crippen LogP) is 3.70. The van der Waals surface area contributed by atoms with Gasteiger partial charge >= 0.3 is 0 Å². The van der Waals surface area contributed by atoms with E-state index in [1.54, 1.807) is 10.9 Å². The Balaban J connectivity index is 1.81. The average molecular weight is 367 g/mol. The lowest BCUT2D eigenvalue weighted by Crippen LogP contribution is -2.01. The third-order valence-electron chi connectivity index (χ3n) is 3.21. The van der Waals surface area contributed by atoms with Crippen LogP contribution in [0.5, 0.6) is 0 Å². The molecule has 5 nitrogen and oxygen atoms in total. The van der Waals surface area contributed by atoms with E-state index < -0.39 is 0 Å². The van der Waals surface area contributed by atoms with Crippen LogP contribution in [0.2, 0.25) is 5.15 Å². The summed E-state index contributed by atoms with van der Waals surface area (Å²) in [5, 5.41) is 9.20. The Kier molecular flexibility index (Phi) is 3.82. The quantitative estimate of drug-likeness (QED) is 0.718. The van der Waals surface area contributed by atoms with E-state index in [1.807, 2.05) is 26.2 Å². The zero-order valence-corrected chi connectivity index (χ0v) is 13.9. The van der Waals surface area contributed by atoms with Crippen molar-refractivity contribution in [3.8, 4) is 0 Å². The Hall–Kier alpha value is -1.66.